The van der Waals surface area contributed by atoms with E-state index in [2.05, 4.69) is 0 Å². The molecule has 0 spiro atoms. The van der Waals surface area contributed by atoms with Crippen LogP contribution >= 0.6 is 0 Å². The molecule has 0 amide bonds. The Bertz CT molecular complexity index is 133. The van der Waals surface area contributed by atoms with Crippen molar-refractivity contribution in [3.63, 3.8) is 0 Å². The average molecular weight is 210 g/mol. The highest BCUT2D eigenvalue weighted by Gasteiger charge is 2.09. The molecule has 0 fully saturated rings. The Morgan fingerprint density at radius 2 is 1.64 bits per heavy atom. The van der Waals surface area contributed by atoms with Crippen LogP contribution in [0.4, 0.5) is 0 Å². The Morgan fingerprint density at radius 1 is 1.07 bits per heavy atom. The third kappa shape index (κ3) is 8.32. The third-order valence-electron chi connectivity index (χ3n) is 1.26. The van der Waals surface area contributed by atoms with Crippen LogP contribution in [0.1, 0.15) is 0 Å². The van der Waals surface area contributed by atoms with Gasteiger partial charge in [0.05, 0.1) is 19.8 Å². The summed E-state index contributed by atoms with van der Waals surface area (Å²) in [5.41, 5.74) is 10.1. The van der Waals surface area contributed by atoms with Gasteiger partial charge in [0.1, 0.15) is 12.5 Å². The molecule has 7 nitrogen and oxygen atoms in total. The van der Waals surface area contributed by atoms with Crippen LogP contribution in [0.5, 0.6) is 0 Å². The SMILES string of the molecule is COC(COCC(N)O)OCC(N)O. The van der Waals surface area contributed by atoms with E-state index in [1.54, 1.807) is 0 Å². The zero-order valence-electron chi connectivity index (χ0n) is 8.13. The molecule has 0 aromatic carbocycles. The lowest BCUT2D eigenvalue weighted by Gasteiger charge is -2.17. The minimum absolute atomic E-state index is 0.00556. The monoisotopic (exact) mass is 210 g/mol. The van der Waals surface area contributed by atoms with Crippen LogP contribution < -0.4 is 11.5 Å². The maximum atomic E-state index is 8.71. The first kappa shape index (κ1) is 13.7. The zero-order chi connectivity index (χ0) is 11.0. The highest BCUT2D eigenvalue weighted by atomic mass is 16.7. The quantitative estimate of drug-likeness (QED) is 0.328. The molecular formula is C7H18N2O5. The van der Waals surface area contributed by atoms with Gasteiger partial charge in [0.25, 0.3) is 0 Å². The Hall–Kier alpha value is -0.280. The molecule has 0 aromatic rings. The first-order chi connectivity index (χ1) is 6.56. The number of aliphatic hydroxyl groups excluding tert-OH is 2. The van der Waals surface area contributed by atoms with Gasteiger partial charge in [-0.05, 0) is 0 Å². The molecule has 0 aliphatic rings. The summed E-state index contributed by atoms with van der Waals surface area (Å²) in [5.74, 6) is 0. The molecule has 0 saturated heterocycles. The summed E-state index contributed by atoms with van der Waals surface area (Å²) in [4.78, 5) is 0. The smallest absolute Gasteiger partial charge is 0.180 e. The molecular weight excluding hydrogens is 192 g/mol. The topological polar surface area (TPSA) is 120 Å². The second-order valence-electron chi connectivity index (χ2n) is 2.67. The summed E-state index contributed by atoms with van der Waals surface area (Å²) in [6.45, 7) is 0.0545. The summed E-state index contributed by atoms with van der Waals surface area (Å²) in [6, 6.07) is 0. The van der Waals surface area contributed by atoms with E-state index in [0.29, 0.717) is 0 Å². The van der Waals surface area contributed by atoms with E-state index in [1.165, 1.54) is 7.11 Å². The first-order valence-corrected chi connectivity index (χ1v) is 4.15. The summed E-state index contributed by atoms with van der Waals surface area (Å²) in [5, 5.41) is 17.4. The minimum atomic E-state index is -1.05. The molecule has 6 N–H and O–H groups in total. The van der Waals surface area contributed by atoms with Gasteiger partial charge < -0.3 is 35.9 Å². The van der Waals surface area contributed by atoms with Crippen molar-refractivity contribution in [2.45, 2.75) is 18.7 Å². The molecule has 7 heteroatoms. The van der Waals surface area contributed by atoms with Crippen LogP contribution in [0.15, 0.2) is 0 Å². The van der Waals surface area contributed by atoms with Crippen molar-refractivity contribution in [3.05, 3.63) is 0 Å². The van der Waals surface area contributed by atoms with Crippen molar-refractivity contribution in [1.29, 1.82) is 0 Å². The van der Waals surface area contributed by atoms with Gasteiger partial charge in [0, 0.05) is 7.11 Å². The van der Waals surface area contributed by atoms with Gasteiger partial charge >= 0.3 is 0 Å². The lowest BCUT2D eigenvalue weighted by atomic mass is 10.6. The van der Waals surface area contributed by atoms with E-state index in [9.17, 15) is 0 Å². The van der Waals surface area contributed by atoms with Gasteiger partial charge in [-0.1, -0.05) is 0 Å². The van der Waals surface area contributed by atoms with Crippen molar-refractivity contribution >= 4 is 0 Å². The normalized spacial score (nSPS) is 17.8. The Morgan fingerprint density at radius 3 is 2.07 bits per heavy atom. The summed E-state index contributed by atoms with van der Waals surface area (Å²) in [7, 11) is 1.43. The van der Waals surface area contributed by atoms with Gasteiger partial charge in [-0.15, -0.1) is 0 Å². The van der Waals surface area contributed by atoms with Crippen LogP contribution in [0, 0.1) is 0 Å². The maximum absolute atomic E-state index is 8.71. The summed E-state index contributed by atoms with van der Waals surface area (Å²) >= 11 is 0. The summed E-state index contributed by atoms with van der Waals surface area (Å²) in [6.07, 6.45) is -2.70. The Kier molecular flexibility index (Phi) is 7.90. The number of rotatable bonds is 8. The van der Waals surface area contributed by atoms with E-state index >= 15 is 0 Å². The minimum Gasteiger partial charge on any atom is -0.376 e. The van der Waals surface area contributed by atoms with Gasteiger partial charge in [0.2, 0.25) is 0 Å². The highest BCUT2D eigenvalue weighted by Crippen LogP contribution is 1.95. The molecule has 0 aliphatic carbocycles. The van der Waals surface area contributed by atoms with Crippen molar-refractivity contribution in [3.8, 4) is 0 Å². The molecule has 0 aliphatic heterocycles. The van der Waals surface area contributed by atoms with Crippen LogP contribution in [0.2, 0.25) is 0 Å². The number of methoxy groups -OCH3 is 1. The van der Waals surface area contributed by atoms with E-state index in [4.69, 9.17) is 35.9 Å². The van der Waals surface area contributed by atoms with Crippen molar-refractivity contribution in [1.82, 2.24) is 0 Å². The second-order valence-corrected chi connectivity index (χ2v) is 2.67. The molecule has 0 bridgehead atoms. The molecule has 3 unspecified atom stereocenters. The predicted octanol–water partition coefficient (Wildman–Crippen LogP) is -2.45. The Labute approximate surface area is 82.5 Å². The Balaban J connectivity index is 3.48. The van der Waals surface area contributed by atoms with Crippen LogP contribution in [-0.4, -0.2) is 55.9 Å². The number of aliphatic hydroxyl groups is 2. The number of ether oxygens (including phenoxy) is 3. The van der Waals surface area contributed by atoms with E-state index in [-0.39, 0.29) is 19.8 Å². The van der Waals surface area contributed by atoms with Gasteiger partial charge in [-0.3, -0.25) is 0 Å². The standard InChI is InChI=1S/C7H18N2O5/c1-12-7(14-3-6(9)11)4-13-2-5(8)10/h5-7,10-11H,2-4,8-9H2,1H3. The first-order valence-electron chi connectivity index (χ1n) is 4.15. The number of nitrogens with two attached hydrogens (primary N) is 2. The van der Waals surface area contributed by atoms with Crippen molar-refractivity contribution in [2.24, 2.45) is 11.5 Å². The van der Waals surface area contributed by atoms with Gasteiger partial charge in [0.15, 0.2) is 6.29 Å². The average Bonchev–Trinajstić information content (AvgIpc) is 2.10. The largest absolute Gasteiger partial charge is 0.376 e. The van der Waals surface area contributed by atoms with E-state index in [1.807, 2.05) is 0 Å². The maximum Gasteiger partial charge on any atom is 0.180 e. The van der Waals surface area contributed by atoms with Crippen molar-refractivity contribution < 1.29 is 24.4 Å². The molecule has 0 saturated carbocycles. The molecule has 0 heterocycles. The predicted molar refractivity (Wildman–Crippen MR) is 48.0 cm³/mol. The second kappa shape index (κ2) is 8.06. The van der Waals surface area contributed by atoms with E-state index < -0.39 is 18.7 Å². The van der Waals surface area contributed by atoms with Crippen molar-refractivity contribution in [2.75, 3.05) is 26.9 Å². The van der Waals surface area contributed by atoms with Crippen LogP contribution in [-0.2, 0) is 14.2 Å². The lowest BCUT2D eigenvalue weighted by Crippen LogP contribution is -2.33. The van der Waals surface area contributed by atoms with Crippen LogP contribution in [0.25, 0.3) is 0 Å². The fraction of sp³-hybridized carbons (Fsp3) is 1.00. The molecule has 3 atom stereocenters. The summed E-state index contributed by atoms with van der Waals surface area (Å²) < 4.78 is 14.8. The van der Waals surface area contributed by atoms with Gasteiger partial charge in [-0.25, -0.2) is 0 Å². The van der Waals surface area contributed by atoms with Crippen LogP contribution in [0.3, 0.4) is 0 Å². The van der Waals surface area contributed by atoms with E-state index in [0.717, 1.165) is 0 Å². The highest BCUT2D eigenvalue weighted by molar-refractivity contribution is 4.46. The fourth-order valence-electron chi connectivity index (χ4n) is 0.675. The number of hydrogen-bond donors (Lipinski definition) is 4. The zero-order valence-corrected chi connectivity index (χ0v) is 8.13. The fourth-order valence-corrected chi connectivity index (χ4v) is 0.675. The molecule has 0 aromatic heterocycles. The lowest BCUT2D eigenvalue weighted by molar-refractivity contribution is -0.173. The third-order valence-corrected chi connectivity index (χ3v) is 1.26. The molecule has 0 radical (unpaired) electrons. The molecule has 86 valence electrons. The van der Waals surface area contributed by atoms with Gasteiger partial charge in [-0.2, -0.15) is 0 Å². The molecule has 0 rings (SSSR count). The molecule has 14 heavy (non-hydrogen) atoms. The number of hydrogen-bond acceptors (Lipinski definition) is 7.